The highest BCUT2D eigenvalue weighted by Gasteiger charge is 2.26. The Labute approximate surface area is 196 Å². The van der Waals surface area contributed by atoms with Crippen LogP contribution in [0.5, 0.6) is 5.75 Å². The van der Waals surface area contributed by atoms with Crippen LogP contribution in [0.25, 0.3) is 0 Å². The van der Waals surface area contributed by atoms with Crippen LogP contribution >= 0.6 is 11.8 Å². The van der Waals surface area contributed by atoms with Crippen molar-refractivity contribution in [2.75, 3.05) is 30.8 Å². The smallest absolute Gasteiger partial charge is 0.246 e. The predicted molar refractivity (Wildman–Crippen MR) is 123 cm³/mol. The lowest BCUT2D eigenvalue weighted by Crippen LogP contribution is -2.31. The number of amides is 1. The van der Waals surface area contributed by atoms with Crippen LogP contribution in [0.15, 0.2) is 51.1 Å². The summed E-state index contributed by atoms with van der Waals surface area (Å²) in [5, 5.41) is 14.7. The molecule has 3 aromatic rings. The van der Waals surface area contributed by atoms with Gasteiger partial charge in [-0.2, -0.15) is 4.31 Å². The molecular formula is C20H26N6O5S2. The molecular weight excluding hydrogens is 468 g/mol. The minimum Gasteiger partial charge on any atom is -0.492 e. The lowest BCUT2D eigenvalue weighted by atomic mass is 10.3. The molecule has 0 aliphatic heterocycles. The van der Waals surface area contributed by atoms with Gasteiger partial charge in [0, 0.05) is 18.8 Å². The molecule has 0 spiro atoms. The van der Waals surface area contributed by atoms with Gasteiger partial charge in [-0.3, -0.25) is 4.79 Å². The number of carbonyl (C=O) groups is 1. The molecule has 0 unspecified atom stereocenters. The maximum Gasteiger partial charge on any atom is 0.246 e. The van der Waals surface area contributed by atoms with Crippen LogP contribution in [0.4, 0.5) is 5.69 Å². The Balaban J connectivity index is 1.71. The highest BCUT2D eigenvalue weighted by Crippen LogP contribution is 2.30. The second kappa shape index (κ2) is 11.3. The number of carbonyl (C=O) groups excluding carboxylic acids is 1. The van der Waals surface area contributed by atoms with Crippen molar-refractivity contribution >= 4 is 33.4 Å². The molecule has 0 saturated carbocycles. The van der Waals surface area contributed by atoms with Gasteiger partial charge in [0.1, 0.15) is 22.9 Å². The molecule has 0 atom stereocenters. The zero-order valence-corrected chi connectivity index (χ0v) is 20.2. The number of anilines is 1. The predicted octanol–water partition coefficient (Wildman–Crippen LogP) is 2.47. The second-order valence-electron chi connectivity index (χ2n) is 6.72. The van der Waals surface area contributed by atoms with Crippen molar-refractivity contribution < 1.29 is 22.4 Å². The van der Waals surface area contributed by atoms with Crippen molar-refractivity contribution in [3.05, 3.63) is 42.4 Å². The molecule has 11 nitrogen and oxygen atoms in total. The Kier molecular flexibility index (Phi) is 8.47. The molecule has 13 heteroatoms. The van der Waals surface area contributed by atoms with Gasteiger partial charge in [-0.05, 0) is 47.7 Å². The maximum absolute atomic E-state index is 13.1. The van der Waals surface area contributed by atoms with Crippen molar-refractivity contribution in [2.24, 2.45) is 0 Å². The zero-order chi connectivity index (χ0) is 23.8. The first-order chi connectivity index (χ1) is 15.9. The van der Waals surface area contributed by atoms with E-state index in [1.54, 1.807) is 51.3 Å². The van der Waals surface area contributed by atoms with Crippen molar-refractivity contribution in [3.63, 3.8) is 0 Å². The van der Waals surface area contributed by atoms with Crippen LogP contribution in [-0.4, -0.2) is 64.3 Å². The first-order valence-corrected chi connectivity index (χ1v) is 12.8. The number of tetrazole rings is 1. The molecule has 2 aromatic heterocycles. The number of hydrogen-bond donors (Lipinski definition) is 1. The van der Waals surface area contributed by atoms with Gasteiger partial charge in [0.25, 0.3) is 0 Å². The summed E-state index contributed by atoms with van der Waals surface area (Å²) in [6, 6.07) is 8.15. The minimum absolute atomic E-state index is 0.0147. The van der Waals surface area contributed by atoms with Gasteiger partial charge in [0.05, 0.1) is 18.6 Å². The molecule has 0 saturated heterocycles. The van der Waals surface area contributed by atoms with Gasteiger partial charge in [-0.15, -0.1) is 5.10 Å². The summed E-state index contributed by atoms with van der Waals surface area (Å²) in [4.78, 5) is 12.5. The van der Waals surface area contributed by atoms with Crippen molar-refractivity contribution in [1.82, 2.24) is 24.5 Å². The molecule has 1 aromatic carbocycles. The van der Waals surface area contributed by atoms with Gasteiger partial charge >= 0.3 is 0 Å². The van der Waals surface area contributed by atoms with Crippen LogP contribution in [0.2, 0.25) is 0 Å². The molecule has 1 N–H and O–H groups in total. The summed E-state index contributed by atoms with van der Waals surface area (Å²) in [5.74, 6) is 0.630. The van der Waals surface area contributed by atoms with E-state index in [0.717, 1.165) is 11.8 Å². The Morgan fingerprint density at radius 2 is 2.03 bits per heavy atom. The number of rotatable bonds is 12. The maximum atomic E-state index is 13.1. The Morgan fingerprint density at radius 3 is 2.70 bits per heavy atom. The summed E-state index contributed by atoms with van der Waals surface area (Å²) in [6.07, 6.45) is 1.56. The first-order valence-electron chi connectivity index (χ1n) is 10.4. The van der Waals surface area contributed by atoms with E-state index in [4.69, 9.17) is 9.15 Å². The number of thioether (sulfide) groups is 1. The zero-order valence-electron chi connectivity index (χ0n) is 18.6. The average Bonchev–Trinajstić information content (AvgIpc) is 3.46. The van der Waals surface area contributed by atoms with Crippen LogP contribution in [0, 0.1) is 0 Å². The molecule has 0 aliphatic rings. The van der Waals surface area contributed by atoms with Crippen molar-refractivity contribution in [1.29, 1.82) is 0 Å². The van der Waals surface area contributed by atoms with E-state index in [1.807, 2.05) is 0 Å². The second-order valence-corrected chi connectivity index (χ2v) is 9.57. The third kappa shape index (κ3) is 6.12. The fourth-order valence-corrected chi connectivity index (χ4v) is 5.33. The molecule has 33 heavy (non-hydrogen) atoms. The number of furan rings is 1. The van der Waals surface area contributed by atoms with Gasteiger partial charge in [0.2, 0.25) is 21.1 Å². The number of nitrogens with one attached hydrogen (secondary N) is 1. The van der Waals surface area contributed by atoms with E-state index in [1.165, 1.54) is 15.1 Å². The van der Waals surface area contributed by atoms with E-state index in [2.05, 4.69) is 20.8 Å². The third-order valence-corrected chi connectivity index (χ3v) is 7.60. The molecule has 0 aliphatic carbocycles. The lowest BCUT2D eigenvalue weighted by Gasteiger charge is -2.21. The monoisotopic (exact) mass is 494 g/mol. The molecule has 1 amide bonds. The fraction of sp³-hybridized carbons (Fsp3) is 0.400. The number of benzene rings is 1. The van der Waals surface area contributed by atoms with Crippen molar-refractivity contribution in [2.45, 2.75) is 37.4 Å². The van der Waals surface area contributed by atoms with Crippen molar-refractivity contribution in [3.8, 4) is 5.75 Å². The quantitative estimate of drug-likeness (QED) is 0.377. The van der Waals surface area contributed by atoms with E-state index in [-0.39, 0.29) is 22.3 Å². The normalized spacial score (nSPS) is 11.6. The topological polar surface area (TPSA) is 132 Å². The molecule has 0 radical (unpaired) electrons. The van der Waals surface area contributed by atoms with E-state index < -0.39 is 10.0 Å². The standard InChI is InChI=1S/C20H26N6O5S2/c1-4-25(5-2)33(28,29)18-12-15(9-10-17(18)30-6-3)21-19(27)14-32-20-22-23-24-26(20)13-16-8-7-11-31-16/h7-12H,4-6,13-14H2,1-3H3,(H,21,27). The summed E-state index contributed by atoms with van der Waals surface area (Å²) >= 11 is 1.16. The Morgan fingerprint density at radius 1 is 1.24 bits per heavy atom. The van der Waals surface area contributed by atoms with E-state index in [9.17, 15) is 13.2 Å². The van der Waals surface area contributed by atoms with Gasteiger partial charge in [-0.1, -0.05) is 25.6 Å². The Hall–Kier alpha value is -2.90. The van der Waals surface area contributed by atoms with Gasteiger partial charge in [-0.25, -0.2) is 13.1 Å². The molecule has 178 valence electrons. The minimum atomic E-state index is -3.78. The summed E-state index contributed by atoms with van der Waals surface area (Å²) < 4.78 is 39.8. The largest absolute Gasteiger partial charge is 0.492 e. The van der Waals surface area contributed by atoms with E-state index in [0.29, 0.717) is 42.8 Å². The van der Waals surface area contributed by atoms with Crippen LogP contribution in [-0.2, 0) is 21.4 Å². The average molecular weight is 495 g/mol. The summed E-state index contributed by atoms with van der Waals surface area (Å²) in [5.41, 5.74) is 0.352. The molecule has 0 fully saturated rings. The summed E-state index contributed by atoms with van der Waals surface area (Å²) in [6.45, 7) is 6.62. The number of ether oxygens (including phenoxy) is 1. The highest BCUT2D eigenvalue weighted by atomic mass is 32.2. The first kappa shape index (κ1) is 24.7. The SMILES string of the molecule is CCOc1ccc(NC(=O)CSc2nnnn2Cc2ccco2)cc1S(=O)(=O)N(CC)CC. The van der Waals surface area contributed by atoms with Crippen LogP contribution in [0.1, 0.15) is 26.5 Å². The van der Waals surface area contributed by atoms with Crippen LogP contribution in [0.3, 0.4) is 0 Å². The molecule has 3 rings (SSSR count). The number of sulfonamides is 1. The third-order valence-electron chi connectivity index (χ3n) is 4.57. The fourth-order valence-electron chi connectivity index (χ4n) is 3.04. The lowest BCUT2D eigenvalue weighted by molar-refractivity contribution is -0.113. The Bertz CT molecular complexity index is 1160. The van der Waals surface area contributed by atoms with Crippen LogP contribution < -0.4 is 10.1 Å². The van der Waals surface area contributed by atoms with Gasteiger partial charge < -0.3 is 14.5 Å². The molecule has 2 heterocycles. The number of hydrogen-bond acceptors (Lipinski definition) is 9. The van der Waals surface area contributed by atoms with Gasteiger partial charge in [0.15, 0.2) is 0 Å². The van der Waals surface area contributed by atoms with E-state index >= 15 is 0 Å². The molecule has 0 bridgehead atoms. The summed E-state index contributed by atoms with van der Waals surface area (Å²) in [7, 11) is -3.78. The highest BCUT2D eigenvalue weighted by molar-refractivity contribution is 7.99. The number of aromatic nitrogens is 4. The number of nitrogens with zero attached hydrogens (tertiary/aromatic N) is 5.